The second-order valence-corrected chi connectivity index (χ2v) is 4.73. The molecule has 3 N–H and O–H groups in total. The molecule has 1 heterocycles. The molecule has 0 aromatic carbocycles. The minimum atomic E-state index is -0.798. The van der Waals surface area contributed by atoms with E-state index in [1.165, 1.54) is 0 Å². The fourth-order valence-electron chi connectivity index (χ4n) is 0.995. The van der Waals surface area contributed by atoms with Crippen LogP contribution in [0.5, 0.6) is 0 Å². The lowest BCUT2D eigenvalue weighted by Crippen LogP contribution is -2.45. The van der Waals surface area contributed by atoms with Crippen molar-refractivity contribution in [1.82, 2.24) is 4.98 Å². The fourth-order valence-corrected chi connectivity index (χ4v) is 1.22. The maximum absolute atomic E-state index is 11.1. The summed E-state index contributed by atoms with van der Waals surface area (Å²) in [4.78, 5) is 15.4. The summed E-state index contributed by atoms with van der Waals surface area (Å²) in [5.41, 5.74) is 5.31. The molecular weight excluding hydrogens is 258 g/mol. The van der Waals surface area contributed by atoms with Crippen molar-refractivity contribution in [3.8, 4) is 0 Å². The van der Waals surface area contributed by atoms with E-state index in [2.05, 4.69) is 26.2 Å². The maximum Gasteiger partial charge on any atom is 0.242 e. The first-order valence-corrected chi connectivity index (χ1v) is 5.33. The van der Waals surface area contributed by atoms with Crippen LogP contribution in [-0.2, 0) is 4.79 Å². The Balaban J connectivity index is 2.91. The zero-order valence-corrected chi connectivity index (χ0v) is 10.6. The van der Waals surface area contributed by atoms with Crippen molar-refractivity contribution in [2.45, 2.75) is 26.3 Å². The molecule has 0 bridgehead atoms. The van der Waals surface area contributed by atoms with Gasteiger partial charge < -0.3 is 11.1 Å². The Hall–Kier alpha value is -1.10. The molecule has 0 saturated heterocycles. The third kappa shape index (κ3) is 2.92. The number of rotatable bonds is 3. The van der Waals surface area contributed by atoms with E-state index in [1.54, 1.807) is 19.9 Å². The molecule has 1 aromatic rings. The van der Waals surface area contributed by atoms with Crippen LogP contribution in [0.2, 0.25) is 0 Å². The monoisotopic (exact) mass is 271 g/mol. The van der Waals surface area contributed by atoms with Gasteiger partial charge in [-0.15, -0.1) is 0 Å². The number of carbonyl (C=O) groups excluding carboxylic acids is 1. The molecule has 0 aliphatic heterocycles. The van der Waals surface area contributed by atoms with Crippen molar-refractivity contribution >= 4 is 27.7 Å². The van der Waals surface area contributed by atoms with E-state index >= 15 is 0 Å². The number of pyridine rings is 1. The highest BCUT2D eigenvalue weighted by atomic mass is 79.9. The Morgan fingerprint density at radius 1 is 1.53 bits per heavy atom. The molecule has 0 aliphatic rings. The molecule has 1 amide bonds. The lowest BCUT2D eigenvalue weighted by molar-refractivity contribution is -0.121. The summed E-state index contributed by atoms with van der Waals surface area (Å²) in [6.07, 6.45) is 0. The molecule has 0 atom stereocenters. The van der Waals surface area contributed by atoms with Gasteiger partial charge in [0.15, 0.2) is 0 Å². The van der Waals surface area contributed by atoms with Crippen molar-refractivity contribution in [2.75, 3.05) is 5.32 Å². The van der Waals surface area contributed by atoms with Crippen LogP contribution in [0.15, 0.2) is 16.6 Å². The molecule has 1 rings (SSSR count). The van der Waals surface area contributed by atoms with Crippen LogP contribution < -0.4 is 11.1 Å². The highest BCUT2D eigenvalue weighted by molar-refractivity contribution is 9.10. The number of primary amides is 1. The first-order chi connectivity index (χ1) is 6.83. The van der Waals surface area contributed by atoms with E-state index in [4.69, 9.17) is 5.73 Å². The van der Waals surface area contributed by atoms with Crippen molar-refractivity contribution < 1.29 is 4.79 Å². The minimum Gasteiger partial charge on any atom is -0.368 e. The highest BCUT2D eigenvalue weighted by Gasteiger charge is 2.24. The van der Waals surface area contributed by atoms with E-state index in [0.717, 1.165) is 10.2 Å². The van der Waals surface area contributed by atoms with Crippen molar-refractivity contribution in [2.24, 2.45) is 5.73 Å². The quantitative estimate of drug-likeness (QED) is 0.882. The average molecular weight is 272 g/mol. The van der Waals surface area contributed by atoms with Gasteiger partial charge in [0.2, 0.25) is 5.91 Å². The molecule has 0 fully saturated rings. The average Bonchev–Trinajstić information content (AvgIpc) is 2.10. The van der Waals surface area contributed by atoms with Gasteiger partial charge in [0, 0.05) is 4.47 Å². The summed E-state index contributed by atoms with van der Waals surface area (Å²) < 4.78 is 0.935. The molecule has 15 heavy (non-hydrogen) atoms. The third-order valence-corrected chi connectivity index (χ3v) is 2.92. The molecule has 4 nitrogen and oxygen atoms in total. The summed E-state index contributed by atoms with van der Waals surface area (Å²) in [7, 11) is 0. The third-order valence-electron chi connectivity index (χ3n) is 2.08. The molecule has 0 spiro atoms. The molecule has 1 aromatic heterocycles. The van der Waals surface area contributed by atoms with Crippen molar-refractivity contribution in [3.63, 3.8) is 0 Å². The van der Waals surface area contributed by atoms with Crippen LogP contribution in [-0.4, -0.2) is 16.4 Å². The van der Waals surface area contributed by atoms with E-state index in [-0.39, 0.29) is 0 Å². The van der Waals surface area contributed by atoms with Crippen LogP contribution in [0.4, 0.5) is 5.82 Å². The predicted molar refractivity (Wildman–Crippen MR) is 63.6 cm³/mol. The number of aromatic nitrogens is 1. The second kappa shape index (κ2) is 4.18. The number of amides is 1. The lowest BCUT2D eigenvalue weighted by Gasteiger charge is -2.23. The van der Waals surface area contributed by atoms with Gasteiger partial charge in [0.25, 0.3) is 0 Å². The van der Waals surface area contributed by atoms with Gasteiger partial charge >= 0.3 is 0 Å². The number of halogens is 1. The second-order valence-electron chi connectivity index (χ2n) is 3.88. The van der Waals surface area contributed by atoms with Crippen molar-refractivity contribution in [1.29, 1.82) is 0 Å². The normalized spacial score (nSPS) is 11.2. The van der Waals surface area contributed by atoms with Crippen LogP contribution in [0.3, 0.4) is 0 Å². The first kappa shape index (κ1) is 12.0. The Morgan fingerprint density at radius 2 is 2.13 bits per heavy atom. The number of carbonyl (C=O) groups is 1. The van der Waals surface area contributed by atoms with E-state index in [1.807, 2.05) is 13.0 Å². The van der Waals surface area contributed by atoms with Gasteiger partial charge in [0.1, 0.15) is 11.4 Å². The molecule has 82 valence electrons. The Bertz CT molecular complexity index is 390. The van der Waals surface area contributed by atoms with Crippen LogP contribution >= 0.6 is 15.9 Å². The van der Waals surface area contributed by atoms with Crippen molar-refractivity contribution in [3.05, 3.63) is 22.3 Å². The van der Waals surface area contributed by atoms with E-state index in [9.17, 15) is 4.79 Å². The number of nitrogens with one attached hydrogen (secondary N) is 1. The molecular formula is C10H14BrN3O. The van der Waals surface area contributed by atoms with Crippen LogP contribution in [0, 0.1) is 6.92 Å². The highest BCUT2D eigenvalue weighted by Crippen LogP contribution is 2.18. The largest absolute Gasteiger partial charge is 0.368 e. The Kier molecular flexibility index (Phi) is 3.34. The van der Waals surface area contributed by atoms with Crippen LogP contribution in [0.1, 0.15) is 19.5 Å². The van der Waals surface area contributed by atoms with Gasteiger partial charge in [-0.05, 0) is 48.8 Å². The maximum atomic E-state index is 11.1. The Morgan fingerprint density at radius 3 is 2.60 bits per heavy atom. The molecule has 0 unspecified atom stereocenters. The summed E-state index contributed by atoms with van der Waals surface area (Å²) >= 11 is 3.36. The molecule has 0 saturated carbocycles. The predicted octanol–water partition coefficient (Wildman–Crippen LogP) is 1.83. The number of aryl methyl sites for hydroxylation is 1. The fraction of sp³-hybridized carbons (Fsp3) is 0.400. The number of hydrogen-bond donors (Lipinski definition) is 2. The number of nitrogens with two attached hydrogens (primary N) is 1. The topological polar surface area (TPSA) is 68.0 Å². The molecule has 0 aliphatic carbocycles. The first-order valence-electron chi connectivity index (χ1n) is 4.54. The summed E-state index contributed by atoms with van der Waals surface area (Å²) in [6.45, 7) is 5.31. The Labute approximate surface area is 97.4 Å². The van der Waals surface area contributed by atoms with Gasteiger partial charge in [-0.3, -0.25) is 4.79 Å². The van der Waals surface area contributed by atoms with E-state index < -0.39 is 11.4 Å². The molecule has 0 radical (unpaired) electrons. The molecule has 5 heteroatoms. The summed E-state index contributed by atoms with van der Waals surface area (Å²) in [6, 6.07) is 3.67. The van der Waals surface area contributed by atoms with E-state index in [0.29, 0.717) is 5.82 Å². The SMILES string of the molecule is Cc1nc(NC(C)(C)C(N)=O)ccc1Br. The zero-order valence-electron chi connectivity index (χ0n) is 8.97. The number of anilines is 1. The number of nitrogens with zero attached hydrogens (tertiary/aromatic N) is 1. The standard InChI is InChI=1S/C10H14BrN3O/c1-6-7(11)4-5-8(13-6)14-10(2,3)9(12)15/h4-5H,1-3H3,(H2,12,15)(H,13,14). The number of hydrogen-bond acceptors (Lipinski definition) is 3. The zero-order chi connectivity index (χ0) is 11.6. The smallest absolute Gasteiger partial charge is 0.242 e. The van der Waals surface area contributed by atoms with Gasteiger partial charge in [-0.2, -0.15) is 0 Å². The minimum absolute atomic E-state index is 0.412. The lowest BCUT2D eigenvalue weighted by atomic mass is 10.1. The summed E-state index contributed by atoms with van der Waals surface area (Å²) in [5, 5.41) is 2.98. The van der Waals surface area contributed by atoms with Gasteiger partial charge in [-0.25, -0.2) is 4.98 Å². The van der Waals surface area contributed by atoms with Crippen LogP contribution in [0.25, 0.3) is 0 Å². The summed E-state index contributed by atoms with van der Waals surface area (Å²) in [5.74, 6) is 0.226. The van der Waals surface area contributed by atoms with Gasteiger partial charge in [0.05, 0.1) is 5.69 Å². The van der Waals surface area contributed by atoms with Gasteiger partial charge in [-0.1, -0.05) is 0 Å².